The molecule has 0 saturated carbocycles. The molecule has 190 valence electrons. The second kappa shape index (κ2) is 11.4. The molecule has 1 aliphatic rings. The Balaban J connectivity index is 0.000000538. The van der Waals surface area contributed by atoms with Crippen molar-refractivity contribution in [3.05, 3.63) is 77.4 Å². The van der Waals surface area contributed by atoms with Crippen molar-refractivity contribution >= 4 is 23.5 Å². The summed E-state index contributed by atoms with van der Waals surface area (Å²) < 4.78 is 44.4. The van der Waals surface area contributed by atoms with Crippen LogP contribution in [0.5, 0.6) is 0 Å². The van der Waals surface area contributed by atoms with Gasteiger partial charge in [-0.25, -0.2) is 9.59 Å². The van der Waals surface area contributed by atoms with Crippen LogP contribution < -0.4 is 5.32 Å². The van der Waals surface area contributed by atoms with Crippen molar-refractivity contribution in [1.29, 1.82) is 0 Å². The number of likely N-dealkylation sites (tertiary alicyclic amines) is 1. The summed E-state index contributed by atoms with van der Waals surface area (Å²) in [5, 5.41) is 21.1. The first-order valence-corrected chi connectivity index (χ1v) is 10.5. The van der Waals surface area contributed by atoms with E-state index < -0.39 is 29.6 Å². The molecule has 1 aliphatic heterocycles. The average molecular weight is 506 g/mol. The quantitative estimate of drug-likeness (QED) is 0.430. The Morgan fingerprint density at radius 2 is 1.61 bits per heavy atom. The zero-order chi connectivity index (χ0) is 26.3. The molecule has 1 saturated heterocycles. The number of carbonyl (C=O) groups is 3. The van der Waals surface area contributed by atoms with Crippen LogP contribution in [0.3, 0.4) is 0 Å². The number of nitrogens with one attached hydrogen (secondary N) is 1. The van der Waals surface area contributed by atoms with E-state index in [4.69, 9.17) is 24.3 Å². The van der Waals surface area contributed by atoms with Gasteiger partial charge in [-0.05, 0) is 17.7 Å². The first-order valence-electron chi connectivity index (χ1n) is 10.5. The number of hydrogen-bond acceptors (Lipinski definition) is 7. The Hall–Kier alpha value is -4.26. The summed E-state index contributed by atoms with van der Waals surface area (Å²) in [5.74, 6) is -3.03. The van der Waals surface area contributed by atoms with Crippen LogP contribution in [0.15, 0.2) is 59.1 Å². The van der Waals surface area contributed by atoms with E-state index in [0.717, 1.165) is 11.6 Å². The van der Waals surface area contributed by atoms with Crippen molar-refractivity contribution in [1.82, 2.24) is 15.0 Å². The molecule has 1 amide bonds. The van der Waals surface area contributed by atoms with Gasteiger partial charge < -0.3 is 20.1 Å². The van der Waals surface area contributed by atoms with Crippen molar-refractivity contribution in [3.8, 4) is 0 Å². The summed E-state index contributed by atoms with van der Waals surface area (Å²) in [6.45, 7) is 1.05. The lowest BCUT2D eigenvalue weighted by atomic mass is 10.0. The molecule has 0 atom stereocenters. The van der Waals surface area contributed by atoms with E-state index in [2.05, 4.69) is 15.5 Å². The highest BCUT2D eigenvalue weighted by Crippen LogP contribution is 2.34. The molecule has 4 rings (SSSR count). The molecule has 0 spiro atoms. The minimum absolute atomic E-state index is 0.00625. The second-order valence-corrected chi connectivity index (χ2v) is 7.80. The number of carboxylic acids is 2. The number of benzene rings is 2. The number of carbonyl (C=O) groups excluding carboxylic acids is 1. The van der Waals surface area contributed by atoms with Gasteiger partial charge in [0.1, 0.15) is 0 Å². The van der Waals surface area contributed by atoms with Gasteiger partial charge >= 0.3 is 18.1 Å². The minimum Gasteiger partial charge on any atom is -0.473 e. The highest BCUT2D eigenvalue weighted by molar-refractivity contribution is 6.27. The molecule has 1 fully saturated rings. The van der Waals surface area contributed by atoms with Crippen LogP contribution in [0.2, 0.25) is 0 Å². The van der Waals surface area contributed by atoms with Crippen molar-refractivity contribution < 1.29 is 42.3 Å². The lowest BCUT2D eigenvalue weighted by Gasteiger charge is -2.36. The fourth-order valence-electron chi connectivity index (χ4n) is 3.37. The second-order valence-electron chi connectivity index (χ2n) is 7.80. The van der Waals surface area contributed by atoms with Crippen molar-refractivity contribution in [2.24, 2.45) is 0 Å². The normalized spacial score (nSPS) is 13.8. The maximum atomic E-state index is 13.0. The highest BCUT2D eigenvalue weighted by Gasteiger charge is 2.35. The number of hydrogen-bond donors (Lipinski definition) is 3. The van der Waals surface area contributed by atoms with Gasteiger partial charge in [0.05, 0.1) is 23.7 Å². The fraction of sp³-hybridized carbons (Fsp3) is 0.261. The molecule has 0 bridgehead atoms. The molecule has 1 aromatic heterocycles. The van der Waals surface area contributed by atoms with E-state index in [9.17, 15) is 18.0 Å². The SMILES string of the molecule is O=C(CN1CC(c2nc(Cc3ccccc3)no2)C1)Nc1ccccc1C(F)(F)F.O=C(O)C(=O)O. The number of amides is 1. The molecule has 2 heterocycles. The van der Waals surface area contributed by atoms with Crippen molar-refractivity contribution in [3.63, 3.8) is 0 Å². The summed E-state index contributed by atoms with van der Waals surface area (Å²) in [6, 6.07) is 14.7. The van der Waals surface area contributed by atoms with Gasteiger partial charge in [-0.15, -0.1) is 0 Å². The summed E-state index contributed by atoms with van der Waals surface area (Å²) in [5.41, 5.74) is -0.0259. The molecule has 36 heavy (non-hydrogen) atoms. The monoisotopic (exact) mass is 506 g/mol. The first-order chi connectivity index (χ1) is 17.0. The third kappa shape index (κ3) is 7.37. The third-order valence-corrected chi connectivity index (χ3v) is 5.05. The Labute approximate surface area is 202 Å². The molecule has 3 aromatic rings. The van der Waals surface area contributed by atoms with E-state index in [1.807, 2.05) is 35.2 Å². The predicted molar refractivity (Wildman–Crippen MR) is 118 cm³/mol. The van der Waals surface area contributed by atoms with Gasteiger partial charge in [0.2, 0.25) is 11.8 Å². The van der Waals surface area contributed by atoms with Gasteiger partial charge in [0.25, 0.3) is 0 Å². The van der Waals surface area contributed by atoms with Crippen LogP contribution in [0, 0.1) is 0 Å². The highest BCUT2D eigenvalue weighted by atomic mass is 19.4. The Kier molecular flexibility index (Phi) is 8.38. The lowest BCUT2D eigenvalue weighted by Crippen LogP contribution is -2.48. The molecule has 10 nitrogen and oxygen atoms in total. The number of rotatable bonds is 6. The molecule has 3 N–H and O–H groups in total. The lowest BCUT2D eigenvalue weighted by molar-refractivity contribution is -0.159. The molecule has 0 radical (unpaired) electrons. The molecule has 13 heteroatoms. The number of alkyl halides is 3. The fourth-order valence-corrected chi connectivity index (χ4v) is 3.37. The Bertz CT molecular complexity index is 1200. The van der Waals surface area contributed by atoms with Gasteiger partial charge in [-0.3, -0.25) is 9.69 Å². The molecular formula is C23H21F3N4O6. The Morgan fingerprint density at radius 1 is 1.00 bits per heavy atom. The number of halogens is 3. The van der Waals surface area contributed by atoms with Gasteiger partial charge in [0, 0.05) is 19.5 Å². The van der Waals surface area contributed by atoms with Crippen LogP contribution in [0.4, 0.5) is 18.9 Å². The number of nitrogens with zero attached hydrogens (tertiary/aromatic N) is 3. The smallest absolute Gasteiger partial charge is 0.418 e. The summed E-state index contributed by atoms with van der Waals surface area (Å²) in [6.07, 6.45) is -3.96. The predicted octanol–water partition coefficient (Wildman–Crippen LogP) is 2.87. The van der Waals surface area contributed by atoms with Crippen LogP contribution in [-0.4, -0.2) is 62.7 Å². The van der Waals surface area contributed by atoms with Gasteiger partial charge in [-0.2, -0.15) is 18.2 Å². The topological polar surface area (TPSA) is 146 Å². The molecule has 2 aromatic carbocycles. The standard InChI is InChI=1S/C21H19F3N4O2.C2H2O4/c22-21(23,24)16-8-4-5-9-17(16)25-19(29)13-28-11-15(12-28)20-26-18(27-30-20)10-14-6-2-1-3-7-14;3-1(4)2(5)6/h1-9,15H,10-13H2,(H,25,29);(H,3,4)(H,5,6). The molecule has 0 unspecified atom stereocenters. The van der Waals surface area contributed by atoms with E-state index in [0.29, 0.717) is 31.2 Å². The maximum Gasteiger partial charge on any atom is 0.418 e. The van der Waals surface area contributed by atoms with Gasteiger partial charge in [0.15, 0.2) is 5.82 Å². The zero-order valence-corrected chi connectivity index (χ0v) is 18.6. The summed E-state index contributed by atoms with van der Waals surface area (Å²) >= 11 is 0. The third-order valence-electron chi connectivity index (χ3n) is 5.05. The largest absolute Gasteiger partial charge is 0.473 e. The van der Waals surface area contributed by atoms with Gasteiger partial charge in [-0.1, -0.05) is 47.6 Å². The van der Waals surface area contributed by atoms with Crippen molar-refractivity contribution in [2.45, 2.75) is 18.5 Å². The molecular weight excluding hydrogens is 485 g/mol. The van der Waals surface area contributed by atoms with Crippen LogP contribution in [0.1, 0.15) is 28.8 Å². The average Bonchev–Trinajstić information content (AvgIpc) is 3.24. The van der Waals surface area contributed by atoms with E-state index in [1.54, 1.807) is 0 Å². The number of anilines is 1. The zero-order valence-electron chi connectivity index (χ0n) is 18.6. The number of carboxylic acid groups (broad SMARTS) is 2. The van der Waals surface area contributed by atoms with E-state index >= 15 is 0 Å². The minimum atomic E-state index is -4.53. The Morgan fingerprint density at radius 3 is 2.22 bits per heavy atom. The number of aliphatic carboxylic acids is 2. The molecule has 0 aliphatic carbocycles. The summed E-state index contributed by atoms with van der Waals surface area (Å²) in [4.78, 5) is 36.6. The van der Waals surface area contributed by atoms with Crippen LogP contribution in [0.25, 0.3) is 0 Å². The van der Waals surface area contributed by atoms with Crippen LogP contribution >= 0.6 is 0 Å². The maximum absolute atomic E-state index is 13.0. The van der Waals surface area contributed by atoms with Crippen LogP contribution in [-0.2, 0) is 27.0 Å². The van der Waals surface area contributed by atoms with Crippen molar-refractivity contribution in [2.75, 3.05) is 25.0 Å². The van der Waals surface area contributed by atoms with E-state index in [-0.39, 0.29) is 18.2 Å². The number of aromatic nitrogens is 2. The first kappa shape index (κ1) is 26.3. The number of para-hydroxylation sites is 1. The summed E-state index contributed by atoms with van der Waals surface area (Å²) in [7, 11) is 0. The van der Waals surface area contributed by atoms with E-state index in [1.165, 1.54) is 18.2 Å².